The summed E-state index contributed by atoms with van der Waals surface area (Å²) >= 11 is 0. The van der Waals surface area contributed by atoms with Crippen LogP contribution < -0.4 is 15.8 Å². The molecule has 3 heterocycles. The summed E-state index contributed by atoms with van der Waals surface area (Å²) in [5, 5.41) is 3.39. The molecule has 0 unspecified atom stereocenters. The number of halogens is 1. The molecule has 0 amide bonds. The van der Waals surface area contributed by atoms with Crippen LogP contribution in [-0.4, -0.2) is 29.7 Å². The zero-order valence-corrected chi connectivity index (χ0v) is 19.8. The molecule has 5 rings (SSSR count). The van der Waals surface area contributed by atoms with Gasteiger partial charge in [0.15, 0.2) is 0 Å². The molecule has 0 aliphatic carbocycles. The number of ether oxygens (including phenoxy) is 1. The average molecular weight is 477 g/mol. The Labute approximate surface area is 206 Å². The van der Waals surface area contributed by atoms with Crippen molar-refractivity contribution in [2.24, 2.45) is 11.7 Å². The standard InChI is InChI=1S/C27H28N4O2.ClH/c28-15-19-1-3-22(4-2-19)26-27(23-7-5-21(6-8-23)24-11-14-32-18-24)31-25(16-30-26)33-17-20-9-12-29-13-10-20;/h1-8,11,14,16,18,20,29H,9-10,12-13,15,17,28H2;1H. The van der Waals surface area contributed by atoms with E-state index in [9.17, 15) is 0 Å². The molecule has 0 atom stereocenters. The molecule has 0 spiro atoms. The van der Waals surface area contributed by atoms with Gasteiger partial charge in [-0.15, -0.1) is 12.4 Å². The molecule has 3 N–H and O–H groups in total. The maximum Gasteiger partial charge on any atom is 0.232 e. The highest BCUT2D eigenvalue weighted by molar-refractivity contribution is 5.85. The van der Waals surface area contributed by atoms with E-state index in [4.69, 9.17) is 24.9 Å². The lowest BCUT2D eigenvalue weighted by molar-refractivity contribution is 0.208. The number of hydrogen-bond acceptors (Lipinski definition) is 6. The molecule has 1 aliphatic heterocycles. The molecule has 2 aromatic heterocycles. The van der Waals surface area contributed by atoms with Crippen LogP contribution in [-0.2, 0) is 6.54 Å². The highest BCUT2D eigenvalue weighted by Crippen LogP contribution is 2.32. The Balaban J connectivity index is 0.00000274. The van der Waals surface area contributed by atoms with Crippen molar-refractivity contribution in [2.75, 3.05) is 19.7 Å². The van der Waals surface area contributed by atoms with Gasteiger partial charge in [0.25, 0.3) is 0 Å². The van der Waals surface area contributed by atoms with Crippen molar-refractivity contribution >= 4 is 12.4 Å². The summed E-state index contributed by atoms with van der Waals surface area (Å²) in [4.78, 5) is 9.67. The predicted molar refractivity (Wildman–Crippen MR) is 137 cm³/mol. The Morgan fingerprint density at radius 1 is 0.882 bits per heavy atom. The number of rotatable bonds is 7. The van der Waals surface area contributed by atoms with Crippen LogP contribution in [0.3, 0.4) is 0 Å². The van der Waals surface area contributed by atoms with E-state index < -0.39 is 0 Å². The minimum atomic E-state index is 0. The fourth-order valence-electron chi connectivity index (χ4n) is 4.15. The number of benzene rings is 2. The molecular weight excluding hydrogens is 448 g/mol. The van der Waals surface area contributed by atoms with E-state index in [1.54, 1.807) is 18.7 Å². The van der Waals surface area contributed by atoms with Gasteiger partial charge >= 0.3 is 0 Å². The Morgan fingerprint density at radius 2 is 1.56 bits per heavy atom. The molecule has 6 nitrogen and oxygen atoms in total. The highest BCUT2D eigenvalue weighted by atomic mass is 35.5. The lowest BCUT2D eigenvalue weighted by Crippen LogP contribution is -2.30. The SMILES string of the molecule is Cl.NCc1ccc(-c2ncc(OCC3CCNCC3)nc2-c2ccc(-c3ccoc3)cc2)cc1. The largest absolute Gasteiger partial charge is 0.476 e. The summed E-state index contributed by atoms with van der Waals surface area (Å²) in [6.45, 7) is 3.27. The van der Waals surface area contributed by atoms with E-state index in [0.29, 0.717) is 24.9 Å². The number of piperidine rings is 1. The first-order valence-corrected chi connectivity index (χ1v) is 11.4. The molecule has 34 heavy (non-hydrogen) atoms. The number of furan rings is 1. The second-order valence-corrected chi connectivity index (χ2v) is 8.40. The van der Waals surface area contributed by atoms with Crippen molar-refractivity contribution in [3.8, 4) is 39.5 Å². The highest BCUT2D eigenvalue weighted by Gasteiger charge is 2.17. The fraction of sp³-hybridized carbons (Fsp3) is 0.259. The predicted octanol–water partition coefficient (Wildman–Crippen LogP) is 5.33. The first-order chi connectivity index (χ1) is 16.3. The van der Waals surface area contributed by atoms with E-state index in [1.807, 2.05) is 30.3 Å². The van der Waals surface area contributed by atoms with E-state index in [-0.39, 0.29) is 12.4 Å². The van der Waals surface area contributed by atoms with Gasteiger partial charge in [-0.05, 0) is 49.0 Å². The summed E-state index contributed by atoms with van der Waals surface area (Å²) in [5.74, 6) is 1.11. The van der Waals surface area contributed by atoms with Crippen LogP contribution in [0.2, 0.25) is 0 Å². The summed E-state index contributed by atoms with van der Waals surface area (Å²) in [7, 11) is 0. The molecule has 1 saturated heterocycles. The third-order valence-corrected chi connectivity index (χ3v) is 6.15. The zero-order chi connectivity index (χ0) is 22.5. The maximum absolute atomic E-state index is 6.09. The van der Waals surface area contributed by atoms with Gasteiger partial charge in [0.05, 0.1) is 31.0 Å². The first kappa shape index (κ1) is 24.0. The van der Waals surface area contributed by atoms with Crippen molar-refractivity contribution in [2.45, 2.75) is 19.4 Å². The second kappa shape index (κ2) is 11.3. The lowest BCUT2D eigenvalue weighted by atomic mass is 9.99. The Bertz CT molecular complexity index is 1170. The Kier molecular flexibility index (Phi) is 7.95. The third-order valence-electron chi connectivity index (χ3n) is 6.15. The minimum absolute atomic E-state index is 0. The molecule has 176 valence electrons. The van der Waals surface area contributed by atoms with Gasteiger partial charge in [-0.3, -0.25) is 0 Å². The summed E-state index contributed by atoms with van der Waals surface area (Å²) in [5.41, 5.74) is 12.6. The zero-order valence-electron chi connectivity index (χ0n) is 18.9. The fourth-order valence-corrected chi connectivity index (χ4v) is 4.15. The monoisotopic (exact) mass is 476 g/mol. The summed E-state index contributed by atoms with van der Waals surface area (Å²) < 4.78 is 11.3. The second-order valence-electron chi connectivity index (χ2n) is 8.40. The van der Waals surface area contributed by atoms with Gasteiger partial charge in [0.2, 0.25) is 5.88 Å². The van der Waals surface area contributed by atoms with E-state index in [1.165, 1.54) is 0 Å². The van der Waals surface area contributed by atoms with Gasteiger partial charge in [-0.1, -0.05) is 48.5 Å². The van der Waals surface area contributed by atoms with Crippen molar-refractivity contribution in [1.29, 1.82) is 0 Å². The topological polar surface area (TPSA) is 86.2 Å². The molecule has 2 aromatic carbocycles. The first-order valence-electron chi connectivity index (χ1n) is 11.4. The molecule has 0 radical (unpaired) electrons. The molecule has 4 aromatic rings. The van der Waals surface area contributed by atoms with Crippen LogP contribution in [0.15, 0.2) is 77.7 Å². The van der Waals surface area contributed by atoms with E-state index in [2.05, 4.69) is 29.6 Å². The number of nitrogens with zero attached hydrogens (tertiary/aromatic N) is 2. The van der Waals surface area contributed by atoms with E-state index in [0.717, 1.165) is 65.1 Å². The maximum atomic E-state index is 6.09. The van der Waals surface area contributed by atoms with Gasteiger partial charge < -0.3 is 20.2 Å². The number of hydrogen-bond donors (Lipinski definition) is 2. The molecular formula is C27H29ClN4O2. The van der Waals surface area contributed by atoms with Crippen molar-refractivity contribution < 1.29 is 9.15 Å². The van der Waals surface area contributed by atoms with Crippen LogP contribution in [0.5, 0.6) is 5.88 Å². The van der Waals surface area contributed by atoms with Gasteiger partial charge in [-0.25, -0.2) is 9.97 Å². The minimum Gasteiger partial charge on any atom is -0.476 e. The Hall–Kier alpha value is -3.19. The van der Waals surface area contributed by atoms with Gasteiger partial charge in [-0.2, -0.15) is 0 Å². The Morgan fingerprint density at radius 3 is 2.24 bits per heavy atom. The van der Waals surface area contributed by atoms with Crippen LogP contribution >= 0.6 is 12.4 Å². The third kappa shape index (κ3) is 5.47. The van der Waals surface area contributed by atoms with Crippen LogP contribution in [0.4, 0.5) is 0 Å². The molecule has 1 fully saturated rings. The van der Waals surface area contributed by atoms with Crippen molar-refractivity contribution in [1.82, 2.24) is 15.3 Å². The molecule has 0 bridgehead atoms. The molecule has 1 aliphatic rings. The van der Waals surface area contributed by atoms with Crippen LogP contribution in [0, 0.1) is 5.92 Å². The van der Waals surface area contributed by atoms with Crippen molar-refractivity contribution in [3.05, 3.63) is 78.9 Å². The average Bonchev–Trinajstić information content (AvgIpc) is 3.43. The lowest BCUT2D eigenvalue weighted by Gasteiger charge is -2.22. The van der Waals surface area contributed by atoms with E-state index >= 15 is 0 Å². The van der Waals surface area contributed by atoms with Gasteiger partial charge in [0, 0.05) is 23.2 Å². The van der Waals surface area contributed by atoms with Crippen LogP contribution in [0.25, 0.3) is 33.6 Å². The van der Waals surface area contributed by atoms with Crippen LogP contribution in [0.1, 0.15) is 18.4 Å². The quantitative estimate of drug-likeness (QED) is 0.375. The summed E-state index contributed by atoms with van der Waals surface area (Å²) in [6.07, 6.45) is 7.41. The molecule has 0 saturated carbocycles. The van der Waals surface area contributed by atoms with Gasteiger partial charge in [0.1, 0.15) is 5.69 Å². The normalized spacial score (nSPS) is 13.9. The number of aromatic nitrogens is 2. The summed E-state index contributed by atoms with van der Waals surface area (Å²) in [6, 6.07) is 18.4. The smallest absolute Gasteiger partial charge is 0.232 e. The number of nitrogens with two attached hydrogens (primary N) is 1. The number of nitrogens with one attached hydrogen (secondary N) is 1. The molecule has 7 heteroatoms. The van der Waals surface area contributed by atoms with Crippen molar-refractivity contribution in [3.63, 3.8) is 0 Å².